The summed E-state index contributed by atoms with van der Waals surface area (Å²) in [6.07, 6.45) is 7.85. The zero-order valence-electron chi connectivity index (χ0n) is 12.4. The smallest absolute Gasteiger partial charge is 0.0858 e. The molecule has 1 aliphatic carbocycles. The van der Waals surface area contributed by atoms with E-state index in [9.17, 15) is 5.11 Å². The fraction of sp³-hybridized carbons (Fsp3) is 0.647. The molecule has 112 valence electrons. The minimum Gasteiger partial charge on any atom is -0.388 e. The Balaban J connectivity index is 2.25. The van der Waals surface area contributed by atoms with Crippen LogP contribution in [0.15, 0.2) is 22.7 Å². The van der Waals surface area contributed by atoms with Crippen molar-refractivity contribution in [2.75, 3.05) is 6.54 Å². The van der Waals surface area contributed by atoms with E-state index in [1.54, 1.807) is 0 Å². The standard InChI is InChI=1S/C17H26BrNO/c1-13-7-8-14(11-15(13)18)16(20)17(12-19)9-5-3-2-4-6-10-17/h7-8,11,16,20H,2-6,9-10,12,19H2,1H3. The van der Waals surface area contributed by atoms with Gasteiger partial charge in [0.15, 0.2) is 0 Å². The van der Waals surface area contributed by atoms with Gasteiger partial charge in [0.05, 0.1) is 6.10 Å². The highest BCUT2D eigenvalue weighted by Gasteiger charge is 2.37. The molecule has 0 spiro atoms. The van der Waals surface area contributed by atoms with Gasteiger partial charge in [-0.2, -0.15) is 0 Å². The lowest BCUT2D eigenvalue weighted by Gasteiger charge is -2.39. The van der Waals surface area contributed by atoms with Gasteiger partial charge in [-0.25, -0.2) is 0 Å². The van der Waals surface area contributed by atoms with Crippen molar-refractivity contribution in [2.45, 2.75) is 58.0 Å². The highest BCUT2D eigenvalue weighted by Crippen LogP contribution is 2.44. The molecule has 2 rings (SSSR count). The van der Waals surface area contributed by atoms with E-state index in [0.29, 0.717) is 6.54 Å². The largest absolute Gasteiger partial charge is 0.388 e. The van der Waals surface area contributed by atoms with Gasteiger partial charge in [0.2, 0.25) is 0 Å². The third-order valence-electron chi connectivity index (χ3n) is 4.85. The van der Waals surface area contributed by atoms with E-state index >= 15 is 0 Å². The lowest BCUT2D eigenvalue weighted by atomic mass is 9.70. The van der Waals surface area contributed by atoms with Crippen molar-refractivity contribution < 1.29 is 5.11 Å². The molecule has 1 fully saturated rings. The van der Waals surface area contributed by atoms with Gasteiger partial charge >= 0.3 is 0 Å². The van der Waals surface area contributed by atoms with E-state index in [4.69, 9.17) is 5.73 Å². The second-order valence-electron chi connectivity index (χ2n) is 6.25. The van der Waals surface area contributed by atoms with Crippen LogP contribution in [-0.2, 0) is 0 Å². The van der Waals surface area contributed by atoms with Gasteiger partial charge in [-0.05, 0) is 37.0 Å². The normalized spacial score (nSPS) is 21.0. The Bertz CT molecular complexity index is 439. The molecule has 0 bridgehead atoms. The van der Waals surface area contributed by atoms with Crippen LogP contribution in [-0.4, -0.2) is 11.7 Å². The lowest BCUT2D eigenvalue weighted by molar-refractivity contribution is 0.00844. The van der Waals surface area contributed by atoms with Gasteiger partial charge in [-0.1, -0.05) is 60.2 Å². The summed E-state index contributed by atoms with van der Waals surface area (Å²) in [5, 5.41) is 10.9. The summed E-state index contributed by atoms with van der Waals surface area (Å²) < 4.78 is 1.06. The minimum absolute atomic E-state index is 0.144. The summed E-state index contributed by atoms with van der Waals surface area (Å²) in [7, 11) is 0. The quantitative estimate of drug-likeness (QED) is 0.852. The Morgan fingerprint density at radius 2 is 1.80 bits per heavy atom. The van der Waals surface area contributed by atoms with E-state index in [2.05, 4.69) is 35.0 Å². The van der Waals surface area contributed by atoms with Gasteiger partial charge in [0.1, 0.15) is 0 Å². The molecule has 3 N–H and O–H groups in total. The van der Waals surface area contributed by atoms with Crippen LogP contribution >= 0.6 is 15.9 Å². The minimum atomic E-state index is -0.456. The molecule has 1 unspecified atom stereocenters. The van der Waals surface area contributed by atoms with Crippen LogP contribution in [0.1, 0.15) is 62.2 Å². The maximum atomic E-state index is 10.9. The Morgan fingerprint density at radius 1 is 1.20 bits per heavy atom. The summed E-state index contributed by atoms with van der Waals surface area (Å²) in [5.74, 6) is 0. The number of hydrogen-bond acceptors (Lipinski definition) is 2. The van der Waals surface area contributed by atoms with Crippen molar-refractivity contribution in [1.82, 2.24) is 0 Å². The maximum absolute atomic E-state index is 10.9. The average Bonchev–Trinajstić information content (AvgIpc) is 2.42. The first kappa shape index (κ1) is 16.0. The first-order valence-corrected chi connectivity index (χ1v) is 8.52. The van der Waals surface area contributed by atoms with Gasteiger partial charge in [0, 0.05) is 16.4 Å². The molecule has 20 heavy (non-hydrogen) atoms. The number of aliphatic hydroxyl groups excluding tert-OH is 1. The van der Waals surface area contributed by atoms with Crippen molar-refractivity contribution in [1.29, 1.82) is 0 Å². The fourth-order valence-electron chi connectivity index (χ4n) is 3.33. The lowest BCUT2D eigenvalue weighted by Crippen LogP contribution is -2.37. The van der Waals surface area contributed by atoms with Crippen LogP contribution in [0.2, 0.25) is 0 Å². The Kier molecular flexibility index (Phi) is 5.65. The zero-order valence-corrected chi connectivity index (χ0v) is 14.0. The first-order chi connectivity index (χ1) is 9.59. The monoisotopic (exact) mass is 339 g/mol. The van der Waals surface area contributed by atoms with E-state index in [1.165, 1.54) is 37.7 Å². The van der Waals surface area contributed by atoms with Crippen molar-refractivity contribution in [2.24, 2.45) is 11.1 Å². The second kappa shape index (κ2) is 7.06. The Morgan fingerprint density at radius 3 is 2.35 bits per heavy atom. The molecule has 0 aliphatic heterocycles. The molecule has 3 heteroatoms. The molecule has 1 aromatic rings. The summed E-state index contributed by atoms with van der Waals surface area (Å²) in [6, 6.07) is 6.16. The highest BCUT2D eigenvalue weighted by atomic mass is 79.9. The second-order valence-corrected chi connectivity index (χ2v) is 7.10. The molecule has 0 amide bonds. The molecule has 0 radical (unpaired) electrons. The van der Waals surface area contributed by atoms with E-state index < -0.39 is 6.10 Å². The zero-order chi connectivity index (χ0) is 14.6. The Hall–Kier alpha value is -0.380. The number of rotatable bonds is 3. The summed E-state index contributed by atoms with van der Waals surface area (Å²) >= 11 is 3.56. The molecule has 0 aromatic heterocycles. The van der Waals surface area contributed by atoms with Crippen molar-refractivity contribution >= 4 is 15.9 Å². The fourth-order valence-corrected chi connectivity index (χ4v) is 3.73. The van der Waals surface area contributed by atoms with Gasteiger partial charge in [-0.15, -0.1) is 0 Å². The number of nitrogens with two attached hydrogens (primary N) is 1. The van der Waals surface area contributed by atoms with Gasteiger partial charge < -0.3 is 10.8 Å². The molecule has 1 saturated carbocycles. The third-order valence-corrected chi connectivity index (χ3v) is 5.70. The van der Waals surface area contributed by atoms with Gasteiger partial charge in [-0.3, -0.25) is 0 Å². The highest BCUT2D eigenvalue weighted by molar-refractivity contribution is 9.10. The molecule has 2 nitrogen and oxygen atoms in total. The van der Waals surface area contributed by atoms with Crippen LogP contribution < -0.4 is 5.73 Å². The number of halogens is 1. The molecule has 1 aliphatic rings. The molecule has 1 aromatic carbocycles. The average molecular weight is 340 g/mol. The van der Waals surface area contributed by atoms with Crippen LogP contribution in [0.5, 0.6) is 0 Å². The van der Waals surface area contributed by atoms with Crippen LogP contribution in [0.3, 0.4) is 0 Å². The topological polar surface area (TPSA) is 46.2 Å². The predicted molar refractivity (Wildman–Crippen MR) is 87.6 cm³/mol. The summed E-state index contributed by atoms with van der Waals surface area (Å²) in [4.78, 5) is 0. The van der Waals surface area contributed by atoms with E-state index in [-0.39, 0.29) is 5.41 Å². The Labute approximate surface area is 130 Å². The molecule has 0 heterocycles. The van der Waals surface area contributed by atoms with Gasteiger partial charge in [0.25, 0.3) is 0 Å². The number of benzene rings is 1. The van der Waals surface area contributed by atoms with Crippen molar-refractivity contribution in [3.05, 3.63) is 33.8 Å². The molecular weight excluding hydrogens is 314 g/mol. The SMILES string of the molecule is Cc1ccc(C(O)C2(CN)CCCCCCC2)cc1Br. The third kappa shape index (κ3) is 3.44. The summed E-state index contributed by atoms with van der Waals surface area (Å²) in [6.45, 7) is 2.63. The molecule has 0 saturated heterocycles. The number of hydrogen-bond donors (Lipinski definition) is 2. The van der Waals surface area contributed by atoms with Crippen LogP contribution in [0, 0.1) is 12.3 Å². The van der Waals surface area contributed by atoms with E-state index in [1.807, 2.05) is 6.07 Å². The van der Waals surface area contributed by atoms with Crippen LogP contribution in [0.25, 0.3) is 0 Å². The van der Waals surface area contributed by atoms with Crippen molar-refractivity contribution in [3.63, 3.8) is 0 Å². The molecular formula is C17H26BrNO. The van der Waals surface area contributed by atoms with E-state index in [0.717, 1.165) is 22.9 Å². The van der Waals surface area contributed by atoms with Crippen molar-refractivity contribution in [3.8, 4) is 0 Å². The summed E-state index contributed by atoms with van der Waals surface area (Å²) in [5.41, 5.74) is 8.14. The maximum Gasteiger partial charge on any atom is 0.0858 e. The number of aryl methyl sites for hydroxylation is 1. The predicted octanol–water partition coefficient (Wildman–Crippen LogP) is 4.48. The first-order valence-electron chi connectivity index (χ1n) is 7.73. The number of aliphatic hydroxyl groups is 1. The molecule has 1 atom stereocenters. The van der Waals surface area contributed by atoms with Crippen LogP contribution in [0.4, 0.5) is 0 Å².